The number of amides is 1. The second-order valence-corrected chi connectivity index (χ2v) is 4.13. The molecule has 1 aliphatic rings. The van der Waals surface area contributed by atoms with Crippen molar-refractivity contribution in [3.05, 3.63) is 11.8 Å². The minimum atomic E-state index is -0.847. The summed E-state index contributed by atoms with van der Waals surface area (Å²) < 4.78 is 4.95. The number of ether oxygens (including phenoxy) is 1. The van der Waals surface area contributed by atoms with Gasteiger partial charge in [-0.2, -0.15) is 0 Å². The van der Waals surface area contributed by atoms with E-state index in [9.17, 15) is 9.59 Å². The number of carboxylic acid groups (broad SMARTS) is 1. The lowest BCUT2D eigenvalue weighted by Gasteiger charge is -2.28. The predicted octanol–water partition coefficient (Wildman–Crippen LogP) is 2.23. The van der Waals surface area contributed by atoms with Crippen LogP contribution in [0.5, 0.6) is 0 Å². The van der Waals surface area contributed by atoms with Crippen LogP contribution in [0.4, 0.5) is 4.79 Å². The van der Waals surface area contributed by atoms with Gasteiger partial charge >= 0.3 is 12.1 Å². The lowest BCUT2D eigenvalue weighted by molar-refractivity contribution is -0.141. The summed E-state index contributed by atoms with van der Waals surface area (Å²) in [5.41, 5.74) is 0.768. The van der Waals surface area contributed by atoms with Gasteiger partial charge in [0.05, 0.1) is 12.5 Å². The summed E-state index contributed by atoms with van der Waals surface area (Å²) in [7, 11) is 0. The molecule has 17 heavy (non-hydrogen) atoms. The maximum atomic E-state index is 11.7. The lowest BCUT2D eigenvalue weighted by atomic mass is 10.0. The van der Waals surface area contributed by atoms with Crippen molar-refractivity contribution in [3.63, 3.8) is 0 Å². The fraction of sp³-hybridized carbons (Fsp3) is 0.667. The van der Waals surface area contributed by atoms with Crippen LogP contribution in [-0.4, -0.2) is 35.2 Å². The minimum absolute atomic E-state index is 0.330. The lowest BCUT2D eigenvalue weighted by Crippen LogP contribution is -2.35. The van der Waals surface area contributed by atoms with Crippen molar-refractivity contribution in [3.8, 4) is 0 Å². The molecule has 96 valence electrons. The topological polar surface area (TPSA) is 66.8 Å². The Hall–Kier alpha value is -1.52. The van der Waals surface area contributed by atoms with Crippen molar-refractivity contribution < 1.29 is 19.4 Å². The van der Waals surface area contributed by atoms with Crippen LogP contribution in [0.15, 0.2) is 11.8 Å². The molecule has 1 aliphatic heterocycles. The zero-order chi connectivity index (χ0) is 12.8. The Morgan fingerprint density at radius 2 is 2.29 bits per heavy atom. The first-order valence-electron chi connectivity index (χ1n) is 5.92. The van der Waals surface area contributed by atoms with E-state index in [-0.39, 0.29) is 6.09 Å². The van der Waals surface area contributed by atoms with Crippen LogP contribution < -0.4 is 0 Å². The molecular formula is C12H19NO4. The highest BCUT2D eigenvalue weighted by Gasteiger charge is 2.24. The van der Waals surface area contributed by atoms with Gasteiger partial charge in [0.25, 0.3) is 0 Å². The molecule has 1 heterocycles. The molecule has 0 radical (unpaired) electrons. The molecule has 0 fully saturated rings. The van der Waals surface area contributed by atoms with E-state index in [1.165, 1.54) is 0 Å². The van der Waals surface area contributed by atoms with Gasteiger partial charge in [-0.3, -0.25) is 9.69 Å². The monoisotopic (exact) mass is 241 g/mol. The number of carbonyl (C=O) groups excluding carboxylic acids is 1. The molecule has 1 unspecified atom stereocenters. The van der Waals surface area contributed by atoms with Crippen LogP contribution in [0.2, 0.25) is 0 Å². The predicted molar refractivity (Wildman–Crippen MR) is 62.5 cm³/mol. The van der Waals surface area contributed by atoms with E-state index in [0.29, 0.717) is 19.6 Å². The third-order valence-corrected chi connectivity index (χ3v) is 2.74. The molecule has 1 amide bonds. The highest BCUT2D eigenvalue weighted by Crippen LogP contribution is 2.22. The van der Waals surface area contributed by atoms with Crippen LogP contribution in [0.3, 0.4) is 0 Å². The molecule has 0 aromatic rings. The summed E-state index contributed by atoms with van der Waals surface area (Å²) >= 11 is 0. The first-order chi connectivity index (χ1) is 8.06. The molecule has 0 spiro atoms. The largest absolute Gasteiger partial charge is 0.481 e. The number of hydrogen-bond donors (Lipinski definition) is 1. The average molecular weight is 241 g/mol. The van der Waals surface area contributed by atoms with Crippen LogP contribution in [0, 0.1) is 5.92 Å². The fourth-order valence-electron chi connectivity index (χ4n) is 1.78. The van der Waals surface area contributed by atoms with Crippen molar-refractivity contribution in [2.24, 2.45) is 5.92 Å². The number of carboxylic acids is 1. The van der Waals surface area contributed by atoms with Crippen molar-refractivity contribution in [1.29, 1.82) is 0 Å². The Balaban J connectivity index is 2.69. The van der Waals surface area contributed by atoms with Gasteiger partial charge in [-0.25, -0.2) is 4.79 Å². The average Bonchev–Trinajstić information content (AvgIpc) is 2.29. The van der Waals surface area contributed by atoms with Crippen molar-refractivity contribution in [2.45, 2.75) is 33.1 Å². The molecule has 0 bridgehead atoms. The minimum Gasteiger partial charge on any atom is -0.481 e. The van der Waals surface area contributed by atoms with E-state index < -0.39 is 11.9 Å². The summed E-state index contributed by atoms with van der Waals surface area (Å²) in [6.07, 6.45) is 3.70. The molecule has 0 aliphatic carbocycles. The number of rotatable bonds is 4. The fourth-order valence-corrected chi connectivity index (χ4v) is 1.78. The molecule has 5 nitrogen and oxygen atoms in total. The summed E-state index contributed by atoms with van der Waals surface area (Å²) in [6.45, 7) is 4.33. The first kappa shape index (κ1) is 13.5. The maximum Gasteiger partial charge on any atom is 0.413 e. The molecule has 1 atom stereocenters. The molecule has 0 aromatic heterocycles. The molecule has 0 aromatic carbocycles. The van der Waals surface area contributed by atoms with Crippen LogP contribution in [-0.2, 0) is 9.53 Å². The molecule has 1 rings (SSSR count). The van der Waals surface area contributed by atoms with Crippen molar-refractivity contribution in [1.82, 2.24) is 4.90 Å². The third kappa shape index (κ3) is 3.76. The SMILES string of the molecule is CCOC(=O)N1CCCC=C1CC(C)C(=O)O. The van der Waals surface area contributed by atoms with Gasteiger partial charge in [0.2, 0.25) is 0 Å². The van der Waals surface area contributed by atoms with Gasteiger partial charge in [-0.1, -0.05) is 13.0 Å². The quantitative estimate of drug-likeness (QED) is 0.819. The number of hydrogen-bond acceptors (Lipinski definition) is 3. The van der Waals surface area contributed by atoms with Gasteiger partial charge in [0.15, 0.2) is 0 Å². The number of aliphatic carboxylic acids is 1. The van der Waals surface area contributed by atoms with Gasteiger partial charge in [-0.15, -0.1) is 0 Å². The normalized spacial score (nSPS) is 17.3. The number of nitrogens with zero attached hydrogens (tertiary/aromatic N) is 1. The Kier molecular flexibility index (Phi) is 5.00. The van der Waals surface area contributed by atoms with E-state index in [0.717, 1.165) is 18.5 Å². The van der Waals surface area contributed by atoms with Gasteiger partial charge in [0, 0.05) is 18.7 Å². The van der Waals surface area contributed by atoms with Gasteiger partial charge in [-0.05, 0) is 19.8 Å². The molecule has 5 heteroatoms. The Labute approximate surface area is 101 Å². The Morgan fingerprint density at radius 1 is 1.59 bits per heavy atom. The first-order valence-corrected chi connectivity index (χ1v) is 5.92. The molecular weight excluding hydrogens is 222 g/mol. The van der Waals surface area contributed by atoms with Crippen molar-refractivity contribution in [2.75, 3.05) is 13.2 Å². The maximum absolute atomic E-state index is 11.7. The summed E-state index contributed by atoms with van der Waals surface area (Å²) in [5.74, 6) is -1.34. The number of carbonyl (C=O) groups is 2. The van der Waals surface area contributed by atoms with E-state index in [2.05, 4.69) is 0 Å². The zero-order valence-corrected chi connectivity index (χ0v) is 10.3. The Morgan fingerprint density at radius 3 is 2.88 bits per heavy atom. The second-order valence-electron chi connectivity index (χ2n) is 4.13. The summed E-state index contributed by atoms with van der Waals surface area (Å²) in [5, 5.41) is 8.88. The van der Waals surface area contributed by atoms with Crippen molar-refractivity contribution >= 4 is 12.1 Å². The van der Waals surface area contributed by atoms with E-state index in [1.807, 2.05) is 6.08 Å². The highest BCUT2D eigenvalue weighted by molar-refractivity contribution is 5.72. The highest BCUT2D eigenvalue weighted by atomic mass is 16.6. The van der Waals surface area contributed by atoms with E-state index in [4.69, 9.17) is 9.84 Å². The van der Waals surface area contributed by atoms with E-state index in [1.54, 1.807) is 18.7 Å². The number of allylic oxidation sites excluding steroid dienone is 2. The Bertz CT molecular complexity index is 324. The molecule has 0 saturated heterocycles. The van der Waals surface area contributed by atoms with Crippen LogP contribution >= 0.6 is 0 Å². The zero-order valence-electron chi connectivity index (χ0n) is 10.3. The molecule has 0 saturated carbocycles. The smallest absolute Gasteiger partial charge is 0.413 e. The molecule has 1 N–H and O–H groups in total. The van der Waals surface area contributed by atoms with Crippen LogP contribution in [0.25, 0.3) is 0 Å². The summed E-state index contributed by atoms with van der Waals surface area (Å²) in [4.78, 5) is 24.0. The van der Waals surface area contributed by atoms with E-state index >= 15 is 0 Å². The van der Waals surface area contributed by atoms with Crippen LogP contribution in [0.1, 0.15) is 33.1 Å². The van der Waals surface area contributed by atoms with Gasteiger partial charge in [0.1, 0.15) is 0 Å². The third-order valence-electron chi connectivity index (χ3n) is 2.74. The van der Waals surface area contributed by atoms with Gasteiger partial charge < -0.3 is 9.84 Å². The second kappa shape index (κ2) is 6.27. The summed E-state index contributed by atoms with van der Waals surface area (Å²) in [6, 6.07) is 0. The standard InChI is InChI=1S/C12H19NO4/c1-3-17-12(16)13-7-5-4-6-10(13)8-9(2)11(14)15/h6,9H,3-5,7-8H2,1-2H3,(H,14,15).